The third-order valence-electron chi connectivity index (χ3n) is 5.21. The van der Waals surface area contributed by atoms with Crippen LogP contribution in [-0.4, -0.2) is 52.5 Å². The summed E-state index contributed by atoms with van der Waals surface area (Å²) in [5, 5.41) is 6.61. The minimum absolute atomic E-state index is 0.0935. The fourth-order valence-electron chi connectivity index (χ4n) is 3.41. The van der Waals surface area contributed by atoms with Crippen LogP contribution in [-0.2, 0) is 22.6 Å². The zero-order chi connectivity index (χ0) is 22.9. The van der Waals surface area contributed by atoms with Crippen LogP contribution in [0, 0.1) is 6.92 Å². The van der Waals surface area contributed by atoms with Crippen molar-refractivity contribution in [1.29, 1.82) is 0 Å². The molecule has 1 atom stereocenters. The van der Waals surface area contributed by atoms with Gasteiger partial charge in [-0.25, -0.2) is 4.79 Å². The van der Waals surface area contributed by atoms with Gasteiger partial charge in [-0.05, 0) is 36.2 Å². The summed E-state index contributed by atoms with van der Waals surface area (Å²) in [6.07, 6.45) is 0.998. The molecule has 2 aromatic rings. The highest BCUT2D eigenvalue weighted by Crippen LogP contribution is 2.24. The van der Waals surface area contributed by atoms with Crippen LogP contribution in [0.2, 0.25) is 0 Å². The van der Waals surface area contributed by atoms with Gasteiger partial charge in [-0.2, -0.15) is 0 Å². The van der Waals surface area contributed by atoms with Gasteiger partial charge in [0, 0.05) is 32.1 Å². The first-order chi connectivity index (χ1) is 15.5. The summed E-state index contributed by atoms with van der Waals surface area (Å²) >= 11 is 0. The summed E-state index contributed by atoms with van der Waals surface area (Å²) in [7, 11) is 4.59. The smallest absolute Gasteiger partial charge is 0.341 e. The summed E-state index contributed by atoms with van der Waals surface area (Å²) in [5.74, 6) is 1.55. The number of esters is 1. The molecule has 32 heavy (non-hydrogen) atoms. The number of carbonyl (C=O) groups is 1. The molecule has 0 radical (unpaired) electrons. The Labute approximate surface area is 188 Å². The van der Waals surface area contributed by atoms with Crippen LogP contribution >= 0.6 is 0 Å². The highest BCUT2D eigenvalue weighted by Gasteiger charge is 2.19. The zero-order valence-electron chi connectivity index (χ0n) is 19.1. The summed E-state index contributed by atoms with van der Waals surface area (Å²) in [5.41, 5.74) is 3.53. The van der Waals surface area contributed by atoms with Crippen LogP contribution < -0.4 is 20.1 Å². The van der Waals surface area contributed by atoms with Crippen LogP contribution in [0.3, 0.4) is 0 Å². The highest BCUT2D eigenvalue weighted by atomic mass is 16.5. The van der Waals surface area contributed by atoms with Crippen LogP contribution in [0.15, 0.2) is 41.4 Å². The lowest BCUT2D eigenvalue weighted by molar-refractivity contribution is 0.0597. The molecule has 8 nitrogen and oxygen atoms in total. The number of methoxy groups -OCH3 is 2. The van der Waals surface area contributed by atoms with Gasteiger partial charge in [-0.3, -0.25) is 4.99 Å². The maximum Gasteiger partial charge on any atom is 0.341 e. The molecule has 0 amide bonds. The molecule has 172 valence electrons. The average Bonchev–Trinajstić information content (AvgIpc) is 3.32. The number of aryl methyl sites for hydroxylation is 1. The lowest BCUT2D eigenvalue weighted by Gasteiger charge is -2.18. The normalized spacial score (nSPS) is 15.9. The molecule has 3 rings (SSSR count). The van der Waals surface area contributed by atoms with E-state index >= 15 is 0 Å². The molecular weight excluding hydrogens is 410 g/mol. The number of benzene rings is 2. The molecule has 1 saturated heterocycles. The lowest BCUT2D eigenvalue weighted by atomic mass is 10.1. The molecule has 1 unspecified atom stereocenters. The standard InChI is InChI=1S/C24H31N3O5/c1-16-5-7-18(21(11-16)32-19-9-10-31-15-19)14-27-24(25-2)26-13-17-6-8-20(23(28)30-4)22(12-17)29-3/h5-8,11-12,19H,9-10,13-15H2,1-4H3,(H2,25,26,27). The Morgan fingerprint density at radius 2 is 1.94 bits per heavy atom. The number of ether oxygens (including phenoxy) is 4. The molecular formula is C24H31N3O5. The van der Waals surface area contributed by atoms with Crippen molar-refractivity contribution >= 4 is 11.9 Å². The number of hydrogen-bond acceptors (Lipinski definition) is 6. The number of rotatable bonds is 8. The first-order valence-corrected chi connectivity index (χ1v) is 10.6. The van der Waals surface area contributed by atoms with Gasteiger partial charge in [0.15, 0.2) is 5.96 Å². The Morgan fingerprint density at radius 3 is 2.62 bits per heavy atom. The molecule has 1 fully saturated rings. The molecule has 1 aliphatic heterocycles. The van der Waals surface area contributed by atoms with Gasteiger partial charge in [0.2, 0.25) is 0 Å². The van der Waals surface area contributed by atoms with Gasteiger partial charge < -0.3 is 29.6 Å². The van der Waals surface area contributed by atoms with E-state index < -0.39 is 5.97 Å². The number of nitrogens with zero attached hydrogens (tertiary/aromatic N) is 1. The zero-order valence-corrected chi connectivity index (χ0v) is 19.1. The topological polar surface area (TPSA) is 90.4 Å². The third-order valence-corrected chi connectivity index (χ3v) is 5.21. The molecule has 0 spiro atoms. The summed E-state index contributed by atoms with van der Waals surface area (Å²) in [6.45, 7) is 4.49. The van der Waals surface area contributed by atoms with Crippen molar-refractivity contribution in [3.8, 4) is 11.5 Å². The maximum absolute atomic E-state index is 11.8. The van der Waals surface area contributed by atoms with E-state index in [0.29, 0.717) is 37.0 Å². The first kappa shape index (κ1) is 23.4. The second-order valence-corrected chi connectivity index (χ2v) is 7.52. The number of aliphatic imine (C=N–C) groups is 1. The monoisotopic (exact) mass is 441 g/mol. The molecule has 1 heterocycles. The lowest BCUT2D eigenvalue weighted by Crippen LogP contribution is -2.36. The largest absolute Gasteiger partial charge is 0.496 e. The third kappa shape index (κ3) is 6.13. The Bertz CT molecular complexity index is 955. The Hall–Kier alpha value is -3.26. The Balaban J connectivity index is 1.60. The van der Waals surface area contributed by atoms with E-state index in [1.165, 1.54) is 14.2 Å². The molecule has 0 aromatic heterocycles. The predicted octanol–water partition coefficient (Wildman–Crippen LogP) is 2.82. The highest BCUT2D eigenvalue weighted by molar-refractivity contribution is 5.92. The second kappa shape index (κ2) is 11.4. The van der Waals surface area contributed by atoms with Crippen molar-refractivity contribution < 1.29 is 23.7 Å². The van der Waals surface area contributed by atoms with Crippen molar-refractivity contribution in [2.24, 2.45) is 4.99 Å². The molecule has 0 bridgehead atoms. The molecule has 8 heteroatoms. The SMILES string of the molecule is CN=C(NCc1ccc(C(=O)OC)c(OC)c1)NCc1ccc(C)cc1OC1CCOC1. The van der Waals surface area contributed by atoms with E-state index in [4.69, 9.17) is 18.9 Å². The van der Waals surface area contributed by atoms with Gasteiger partial charge in [0.05, 0.1) is 27.4 Å². The van der Waals surface area contributed by atoms with Crippen molar-refractivity contribution in [3.05, 3.63) is 58.7 Å². The molecule has 1 aliphatic rings. The fraction of sp³-hybridized carbons (Fsp3) is 0.417. The van der Waals surface area contributed by atoms with Crippen molar-refractivity contribution in [3.63, 3.8) is 0 Å². The summed E-state index contributed by atoms with van der Waals surface area (Å²) in [4.78, 5) is 16.1. The first-order valence-electron chi connectivity index (χ1n) is 10.6. The Morgan fingerprint density at radius 1 is 1.12 bits per heavy atom. The quantitative estimate of drug-likeness (QED) is 0.370. The average molecular weight is 442 g/mol. The minimum atomic E-state index is -0.431. The van der Waals surface area contributed by atoms with Crippen molar-refractivity contribution in [2.45, 2.75) is 32.5 Å². The van der Waals surface area contributed by atoms with Crippen LogP contribution in [0.1, 0.15) is 33.5 Å². The van der Waals surface area contributed by atoms with E-state index in [-0.39, 0.29) is 6.10 Å². The van der Waals surface area contributed by atoms with E-state index in [0.717, 1.165) is 35.5 Å². The van der Waals surface area contributed by atoms with E-state index in [1.54, 1.807) is 13.1 Å². The van der Waals surface area contributed by atoms with Gasteiger partial charge in [-0.1, -0.05) is 18.2 Å². The van der Waals surface area contributed by atoms with E-state index in [2.05, 4.69) is 40.7 Å². The fourth-order valence-corrected chi connectivity index (χ4v) is 3.41. The minimum Gasteiger partial charge on any atom is -0.496 e. The van der Waals surface area contributed by atoms with Gasteiger partial charge in [-0.15, -0.1) is 0 Å². The van der Waals surface area contributed by atoms with Gasteiger partial charge in [0.1, 0.15) is 23.2 Å². The van der Waals surface area contributed by atoms with Gasteiger partial charge >= 0.3 is 5.97 Å². The van der Waals surface area contributed by atoms with Crippen molar-refractivity contribution in [1.82, 2.24) is 10.6 Å². The Kier molecular flexibility index (Phi) is 8.33. The van der Waals surface area contributed by atoms with Gasteiger partial charge in [0.25, 0.3) is 0 Å². The summed E-state index contributed by atoms with van der Waals surface area (Å²) in [6, 6.07) is 11.5. The second-order valence-electron chi connectivity index (χ2n) is 7.52. The number of carbonyl (C=O) groups excluding carboxylic acids is 1. The predicted molar refractivity (Wildman–Crippen MR) is 122 cm³/mol. The molecule has 2 aromatic carbocycles. The molecule has 0 saturated carbocycles. The summed E-state index contributed by atoms with van der Waals surface area (Å²) < 4.78 is 21.7. The molecule has 2 N–H and O–H groups in total. The maximum atomic E-state index is 11.8. The molecule has 0 aliphatic carbocycles. The number of guanidine groups is 1. The number of hydrogen-bond donors (Lipinski definition) is 2. The van der Waals surface area contributed by atoms with E-state index in [1.807, 2.05) is 12.1 Å². The van der Waals surface area contributed by atoms with E-state index in [9.17, 15) is 4.79 Å². The van der Waals surface area contributed by atoms with Crippen LogP contribution in [0.25, 0.3) is 0 Å². The van der Waals surface area contributed by atoms with Crippen molar-refractivity contribution in [2.75, 3.05) is 34.5 Å². The van der Waals surface area contributed by atoms with Crippen LogP contribution in [0.4, 0.5) is 0 Å². The number of nitrogens with one attached hydrogen (secondary N) is 2. The van der Waals surface area contributed by atoms with Crippen LogP contribution in [0.5, 0.6) is 11.5 Å².